The third-order valence-electron chi connectivity index (χ3n) is 3.40. The highest BCUT2D eigenvalue weighted by atomic mass is 32.2. The zero-order valence-corrected chi connectivity index (χ0v) is 14.9. The van der Waals surface area contributed by atoms with Gasteiger partial charge in [0.1, 0.15) is 23.8 Å². The Morgan fingerprint density at radius 2 is 2.12 bits per heavy atom. The predicted octanol–water partition coefficient (Wildman–Crippen LogP) is -0.151. The summed E-state index contributed by atoms with van der Waals surface area (Å²) in [6.07, 6.45) is 1.61. The number of methoxy groups -OCH3 is 1. The van der Waals surface area contributed by atoms with Crippen LogP contribution in [-0.2, 0) is 14.8 Å². The van der Waals surface area contributed by atoms with E-state index in [4.69, 9.17) is 10.5 Å². The Bertz CT molecular complexity index is 835. The highest BCUT2D eigenvalue weighted by Crippen LogP contribution is 2.25. The predicted molar refractivity (Wildman–Crippen MR) is 88.5 cm³/mol. The number of hydrogen-bond donors (Lipinski definition) is 2. The van der Waals surface area contributed by atoms with Crippen LogP contribution >= 0.6 is 0 Å². The standard InChI is InChI=1S/C14H20N6O4S/c1-9(2)6-11(14(15)21)17-25(22,23)10-4-5-13(24-3)12(7-10)20-8-16-18-19-20/h4-5,7-9,11,17H,6H2,1-3H3,(H2,15,21)/t11-/m0/s1. The van der Waals surface area contributed by atoms with Crippen LogP contribution in [0.25, 0.3) is 5.69 Å². The van der Waals surface area contributed by atoms with Crippen LogP contribution in [0.15, 0.2) is 29.4 Å². The fraction of sp³-hybridized carbons (Fsp3) is 0.429. The summed E-state index contributed by atoms with van der Waals surface area (Å²) >= 11 is 0. The van der Waals surface area contributed by atoms with Gasteiger partial charge in [-0.2, -0.15) is 9.40 Å². The normalized spacial score (nSPS) is 13.0. The fourth-order valence-corrected chi connectivity index (χ4v) is 3.47. The molecule has 3 N–H and O–H groups in total. The van der Waals surface area contributed by atoms with E-state index in [1.807, 2.05) is 13.8 Å². The van der Waals surface area contributed by atoms with Gasteiger partial charge in [-0.15, -0.1) is 5.10 Å². The smallest absolute Gasteiger partial charge is 0.241 e. The van der Waals surface area contributed by atoms with Crippen LogP contribution in [0.3, 0.4) is 0 Å². The van der Waals surface area contributed by atoms with Crippen molar-refractivity contribution in [2.75, 3.05) is 7.11 Å². The maximum atomic E-state index is 12.6. The summed E-state index contributed by atoms with van der Waals surface area (Å²) < 4.78 is 34.1. The molecule has 1 amide bonds. The first-order valence-electron chi connectivity index (χ1n) is 7.47. The lowest BCUT2D eigenvalue weighted by Crippen LogP contribution is -2.45. The number of nitrogens with two attached hydrogens (primary N) is 1. The van der Waals surface area contributed by atoms with E-state index in [1.54, 1.807) is 0 Å². The van der Waals surface area contributed by atoms with E-state index < -0.39 is 22.0 Å². The number of benzene rings is 1. The number of primary amides is 1. The second-order valence-corrected chi connectivity index (χ2v) is 7.51. The quantitative estimate of drug-likeness (QED) is 0.659. The molecule has 0 aliphatic rings. The highest BCUT2D eigenvalue weighted by Gasteiger charge is 2.25. The number of hydrogen-bond acceptors (Lipinski definition) is 7. The fourth-order valence-electron chi connectivity index (χ4n) is 2.24. The third-order valence-corrected chi connectivity index (χ3v) is 4.87. The van der Waals surface area contributed by atoms with Crippen LogP contribution < -0.4 is 15.2 Å². The van der Waals surface area contributed by atoms with E-state index in [1.165, 1.54) is 36.3 Å². The Kier molecular flexibility index (Phi) is 5.69. The first-order valence-corrected chi connectivity index (χ1v) is 8.96. The number of aromatic nitrogens is 4. The van der Waals surface area contributed by atoms with Gasteiger partial charge in [0, 0.05) is 0 Å². The molecule has 0 bridgehead atoms. The van der Waals surface area contributed by atoms with Crippen LogP contribution in [0.2, 0.25) is 0 Å². The minimum atomic E-state index is -3.98. The molecule has 0 fully saturated rings. The van der Waals surface area contributed by atoms with Crippen LogP contribution in [0.5, 0.6) is 5.75 Å². The Labute approximate surface area is 145 Å². The molecule has 136 valence electrons. The van der Waals surface area contributed by atoms with Crippen molar-refractivity contribution in [2.45, 2.75) is 31.2 Å². The number of sulfonamides is 1. The maximum absolute atomic E-state index is 12.6. The van der Waals surface area contributed by atoms with E-state index >= 15 is 0 Å². The number of amides is 1. The molecule has 2 rings (SSSR count). The average Bonchev–Trinajstić information content (AvgIpc) is 3.07. The van der Waals surface area contributed by atoms with Crippen molar-refractivity contribution >= 4 is 15.9 Å². The number of carbonyl (C=O) groups is 1. The topological polar surface area (TPSA) is 142 Å². The van der Waals surface area contributed by atoms with Gasteiger partial charge in [0.25, 0.3) is 0 Å². The summed E-state index contributed by atoms with van der Waals surface area (Å²) in [6, 6.07) is 3.20. The first kappa shape index (κ1) is 18.8. The lowest BCUT2D eigenvalue weighted by Gasteiger charge is -2.18. The van der Waals surface area contributed by atoms with Gasteiger partial charge >= 0.3 is 0 Å². The number of tetrazole rings is 1. The van der Waals surface area contributed by atoms with Gasteiger partial charge in [-0.1, -0.05) is 13.8 Å². The lowest BCUT2D eigenvalue weighted by molar-refractivity contribution is -0.119. The van der Waals surface area contributed by atoms with Gasteiger partial charge in [-0.3, -0.25) is 4.79 Å². The molecule has 0 spiro atoms. The largest absolute Gasteiger partial charge is 0.494 e. The molecule has 1 heterocycles. The minimum absolute atomic E-state index is 0.0613. The van der Waals surface area contributed by atoms with Gasteiger partial charge in [0.2, 0.25) is 15.9 Å². The third kappa shape index (κ3) is 4.51. The minimum Gasteiger partial charge on any atom is -0.494 e. The second kappa shape index (κ2) is 7.57. The molecule has 0 unspecified atom stereocenters. The molecule has 0 aliphatic carbocycles. The zero-order chi connectivity index (χ0) is 18.6. The molecule has 0 saturated heterocycles. The highest BCUT2D eigenvalue weighted by molar-refractivity contribution is 7.89. The van der Waals surface area contributed by atoms with E-state index in [2.05, 4.69) is 20.2 Å². The molecule has 1 aromatic carbocycles. The van der Waals surface area contributed by atoms with Gasteiger partial charge in [0.05, 0.1) is 12.0 Å². The number of carbonyl (C=O) groups excluding carboxylic acids is 1. The average molecular weight is 368 g/mol. The number of nitrogens with zero attached hydrogens (tertiary/aromatic N) is 4. The van der Waals surface area contributed by atoms with Crippen LogP contribution in [0.1, 0.15) is 20.3 Å². The van der Waals surface area contributed by atoms with Crippen LogP contribution in [-0.4, -0.2) is 47.7 Å². The molecule has 2 aromatic rings. The van der Waals surface area contributed by atoms with Gasteiger partial charge in [0.15, 0.2) is 0 Å². The van der Waals surface area contributed by atoms with Crippen LogP contribution in [0.4, 0.5) is 0 Å². The van der Waals surface area contributed by atoms with Crippen molar-refractivity contribution in [2.24, 2.45) is 11.7 Å². The Morgan fingerprint density at radius 1 is 1.40 bits per heavy atom. The van der Waals surface area contributed by atoms with E-state index in [9.17, 15) is 13.2 Å². The number of nitrogens with one attached hydrogen (secondary N) is 1. The summed E-state index contributed by atoms with van der Waals surface area (Å²) in [5.74, 6) is -0.251. The Balaban J connectivity index is 2.39. The number of ether oxygens (including phenoxy) is 1. The molecule has 25 heavy (non-hydrogen) atoms. The molecule has 0 saturated carbocycles. The Morgan fingerprint density at radius 3 is 2.64 bits per heavy atom. The SMILES string of the molecule is COc1ccc(S(=O)(=O)N[C@@H](CC(C)C)C(N)=O)cc1-n1cnnn1. The molecule has 10 nitrogen and oxygen atoms in total. The second-order valence-electron chi connectivity index (χ2n) is 5.79. The number of rotatable bonds is 8. The van der Waals surface area contributed by atoms with Crippen molar-refractivity contribution in [1.29, 1.82) is 0 Å². The van der Waals surface area contributed by atoms with E-state index in [0.29, 0.717) is 17.9 Å². The van der Waals surface area contributed by atoms with Crippen molar-refractivity contribution in [3.8, 4) is 11.4 Å². The van der Waals surface area contributed by atoms with Gasteiger partial charge < -0.3 is 10.5 Å². The van der Waals surface area contributed by atoms with Crippen molar-refractivity contribution < 1.29 is 17.9 Å². The summed E-state index contributed by atoms with van der Waals surface area (Å²) in [5.41, 5.74) is 5.65. The summed E-state index contributed by atoms with van der Waals surface area (Å²) in [7, 11) is -2.53. The van der Waals surface area contributed by atoms with Gasteiger partial charge in [-0.05, 0) is 41.0 Å². The van der Waals surface area contributed by atoms with Crippen molar-refractivity contribution in [1.82, 2.24) is 24.9 Å². The summed E-state index contributed by atoms with van der Waals surface area (Å²) in [6.45, 7) is 3.74. The summed E-state index contributed by atoms with van der Waals surface area (Å²) in [4.78, 5) is 11.5. The first-order chi connectivity index (χ1) is 11.7. The zero-order valence-electron chi connectivity index (χ0n) is 14.1. The maximum Gasteiger partial charge on any atom is 0.241 e. The van der Waals surface area contributed by atoms with E-state index in [-0.39, 0.29) is 10.8 Å². The monoisotopic (exact) mass is 368 g/mol. The van der Waals surface area contributed by atoms with Gasteiger partial charge in [-0.25, -0.2) is 8.42 Å². The lowest BCUT2D eigenvalue weighted by atomic mass is 10.0. The molecule has 0 radical (unpaired) electrons. The summed E-state index contributed by atoms with van der Waals surface area (Å²) in [5, 5.41) is 10.8. The molecule has 0 aliphatic heterocycles. The van der Waals surface area contributed by atoms with Crippen molar-refractivity contribution in [3.05, 3.63) is 24.5 Å². The molecule has 1 atom stereocenters. The Hall–Kier alpha value is -2.53. The molecule has 1 aromatic heterocycles. The molecule has 11 heteroatoms. The van der Waals surface area contributed by atoms with Crippen molar-refractivity contribution in [3.63, 3.8) is 0 Å². The molecular formula is C14H20N6O4S. The van der Waals surface area contributed by atoms with E-state index in [0.717, 1.165) is 0 Å². The molecular weight excluding hydrogens is 348 g/mol. The van der Waals surface area contributed by atoms with Crippen LogP contribution in [0, 0.1) is 5.92 Å².